The number of hydrogen-bond donors (Lipinski definition) is 5. The first-order chi connectivity index (χ1) is 42.0. The van der Waals surface area contributed by atoms with E-state index in [1.165, 1.54) is 54.8 Å². The minimum Gasteiger partial charge on any atom is -0.508 e. The molecule has 0 bridgehead atoms. The normalized spacial score (nSPS) is 10.7. The Morgan fingerprint density at radius 2 is 1.06 bits per heavy atom. The highest BCUT2D eigenvalue weighted by Gasteiger charge is 2.16. The van der Waals surface area contributed by atoms with Crippen molar-refractivity contribution in [3.8, 4) is 34.5 Å². The van der Waals surface area contributed by atoms with Crippen LogP contribution in [0.5, 0.6) is 23.0 Å². The number of azo groups is 1. The standard InChI is InChI=1S/C20H25N3O.C17H20N4O3.C11H15NO2.C11H17NO.C9H13NO.CH3B/c1-6-21-15-11-19-16(9-13(15)4)22-17-10-14(5)18(12-20(17)24-19)23(7-2)8-3;1-4-20(5-2)16-11-17(22)15(10-12(16)3)19-18-13-6-8-14(9-7-13)21(23)24;1-4-12(9(3)13)11-7-10(14)6-5-8(11)2;1-4-12(5-2)11-8-10(13)7-6-9(11)3;1-3-10-9-6-8(11)5-4-7(9)2;1-2/h9-12H,6-8H2,1-5H3;6-11,22H,4-5H2,1-3H3;5-7,14H,4H2,1-3H3;6-8,13H,4-5H2,1-3H3;4-6,10-11H,3H2,1-2H3;1H3. The first-order valence-corrected chi connectivity index (χ1v) is 30.1. The van der Waals surface area contributed by atoms with Crippen LogP contribution in [0.2, 0.25) is 6.82 Å². The summed E-state index contributed by atoms with van der Waals surface area (Å²) in [5, 5.41) is 60.8. The van der Waals surface area contributed by atoms with Crippen LogP contribution in [0.25, 0.3) is 22.6 Å². The number of phenols is 4. The third kappa shape index (κ3) is 21.1. The van der Waals surface area contributed by atoms with Crippen molar-refractivity contribution in [1.82, 2.24) is 4.98 Å². The summed E-state index contributed by atoms with van der Waals surface area (Å²) in [6.45, 7) is 41.7. The van der Waals surface area contributed by atoms with E-state index in [0.717, 1.165) is 125 Å². The molecular formula is C69H93BN10O8. The van der Waals surface area contributed by atoms with Gasteiger partial charge in [-0.25, -0.2) is 4.98 Å². The van der Waals surface area contributed by atoms with Crippen LogP contribution < -0.4 is 30.3 Å². The van der Waals surface area contributed by atoms with Gasteiger partial charge in [0.25, 0.3) is 5.69 Å². The third-order valence-corrected chi connectivity index (χ3v) is 14.2. The zero-order chi connectivity index (χ0) is 65.8. The molecule has 1 aliphatic heterocycles. The van der Waals surface area contributed by atoms with Crippen LogP contribution in [0.15, 0.2) is 135 Å². The van der Waals surface area contributed by atoms with E-state index in [4.69, 9.17) is 14.5 Å². The van der Waals surface area contributed by atoms with E-state index in [0.29, 0.717) is 29.4 Å². The van der Waals surface area contributed by atoms with Gasteiger partial charge >= 0.3 is 0 Å². The van der Waals surface area contributed by atoms with E-state index in [1.54, 1.807) is 53.4 Å². The van der Waals surface area contributed by atoms with Crippen LogP contribution in [-0.4, -0.2) is 103 Å². The molecule has 5 N–H and O–H groups in total. The summed E-state index contributed by atoms with van der Waals surface area (Å²) < 4.78 is 6.17. The van der Waals surface area contributed by atoms with Gasteiger partial charge in [-0.2, -0.15) is 5.11 Å². The molecule has 2 aliphatic rings. The fourth-order valence-electron chi connectivity index (χ4n) is 9.51. The minimum atomic E-state index is -0.470. The lowest BCUT2D eigenvalue weighted by atomic mass is 10.1. The number of aryl methyl sites for hydroxylation is 6. The zero-order valence-corrected chi connectivity index (χ0v) is 54.9. The van der Waals surface area contributed by atoms with Crippen molar-refractivity contribution in [3.05, 3.63) is 164 Å². The Kier molecular flexibility index (Phi) is 30.6. The first kappa shape index (κ1) is 73.1. The summed E-state index contributed by atoms with van der Waals surface area (Å²) in [6.07, 6.45) is 0. The van der Waals surface area contributed by atoms with Crippen molar-refractivity contribution in [2.45, 2.75) is 118 Å². The van der Waals surface area contributed by atoms with E-state index in [-0.39, 0.29) is 23.1 Å². The molecule has 0 unspecified atom stereocenters. The van der Waals surface area contributed by atoms with Gasteiger partial charge in [0.2, 0.25) is 5.91 Å². The Balaban J connectivity index is 0.000000296. The predicted octanol–water partition coefficient (Wildman–Crippen LogP) is 16.1. The molecular weight excluding hydrogens is 1110 g/mol. The smallest absolute Gasteiger partial charge is 0.269 e. The van der Waals surface area contributed by atoms with Crippen LogP contribution in [0, 0.1) is 51.7 Å². The zero-order valence-electron chi connectivity index (χ0n) is 54.9. The monoisotopic (exact) mass is 1200 g/mol. The first-order valence-electron chi connectivity index (χ1n) is 30.1. The van der Waals surface area contributed by atoms with Gasteiger partial charge in [0.05, 0.1) is 29.5 Å². The van der Waals surface area contributed by atoms with Crippen molar-refractivity contribution < 1.29 is 34.6 Å². The lowest BCUT2D eigenvalue weighted by molar-refractivity contribution is -0.384. The molecule has 1 amide bonds. The average Bonchev–Trinajstić information content (AvgIpc) is 2.93. The highest BCUT2D eigenvalue weighted by atomic mass is 16.6. The number of nitrogens with zero attached hydrogens (tertiary/aromatic N) is 9. The van der Waals surface area contributed by atoms with Gasteiger partial charge in [0.15, 0.2) is 11.3 Å². The number of carbonyl (C=O) groups excluding carboxylic acids is 1. The molecule has 0 fully saturated rings. The maximum Gasteiger partial charge on any atom is 0.269 e. The number of aromatic nitrogens is 1. The van der Waals surface area contributed by atoms with Crippen molar-refractivity contribution in [2.75, 3.05) is 83.8 Å². The lowest BCUT2D eigenvalue weighted by Gasteiger charge is -2.23. The Hall–Kier alpha value is -9.13. The maximum absolute atomic E-state index is 11.3. The second kappa shape index (κ2) is 36.8. The molecule has 0 atom stereocenters. The molecule has 0 aromatic heterocycles. The summed E-state index contributed by atoms with van der Waals surface area (Å²) in [7, 11) is 4.50. The van der Waals surface area contributed by atoms with Crippen LogP contribution in [0.1, 0.15) is 103 Å². The molecule has 470 valence electrons. The third-order valence-electron chi connectivity index (χ3n) is 14.2. The molecule has 2 radical (unpaired) electrons. The number of anilines is 5. The number of non-ortho nitro benzene ring substituents is 1. The van der Waals surface area contributed by atoms with Crippen molar-refractivity contribution >= 4 is 70.4 Å². The highest BCUT2D eigenvalue weighted by Crippen LogP contribution is 2.36. The largest absolute Gasteiger partial charge is 0.508 e. The van der Waals surface area contributed by atoms with Crippen LogP contribution in [-0.2, 0) is 4.79 Å². The van der Waals surface area contributed by atoms with Gasteiger partial charge in [-0.3, -0.25) is 19.9 Å². The molecule has 1 aliphatic carbocycles. The topological polar surface area (TPSA) is 229 Å². The molecule has 18 nitrogen and oxygen atoms in total. The lowest BCUT2D eigenvalue weighted by Crippen LogP contribution is -2.28. The van der Waals surface area contributed by atoms with Gasteiger partial charge in [0, 0.05) is 137 Å². The number of carbonyl (C=O) groups is 1. The van der Waals surface area contributed by atoms with Crippen molar-refractivity contribution in [2.24, 2.45) is 15.2 Å². The number of nitro groups is 1. The van der Waals surface area contributed by atoms with Crippen LogP contribution >= 0.6 is 0 Å². The summed E-state index contributed by atoms with van der Waals surface area (Å²) >= 11 is 0. The number of amides is 1. The molecule has 1 heterocycles. The minimum absolute atomic E-state index is 0.00350. The Morgan fingerprint density at radius 1 is 0.568 bits per heavy atom. The fraction of sp³-hybridized carbons (Fsp3) is 0.377. The van der Waals surface area contributed by atoms with Gasteiger partial charge in [-0.15, -0.1) is 5.11 Å². The van der Waals surface area contributed by atoms with E-state index in [1.807, 2.05) is 65.8 Å². The molecule has 6 aromatic rings. The number of fused-ring (bicyclic) bond motifs is 2. The average molecular weight is 1200 g/mol. The number of phenolic OH excluding ortho intramolecular Hbond substituents is 4. The van der Waals surface area contributed by atoms with E-state index < -0.39 is 4.92 Å². The molecule has 8 rings (SSSR count). The number of aromatic hydroxyl groups is 4. The molecule has 88 heavy (non-hydrogen) atoms. The number of hydrogen-bond acceptors (Lipinski definition) is 16. The van der Waals surface area contributed by atoms with Crippen LogP contribution in [0.4, 0.5) is 45.5 Å². The molecule has 0 saturated heterocycles. The SMILES string of the molecule is CCN(C(C)=O)c1cc(O)ccc1C.CCN(CC)c1cc(O)c(N=Nc2ccc([N+](=O)[O-])cc2)cc1C.CCN(CC)c1cc(O)ccc1C.CCN=c1cc2oc3cc(N(CC)CC)c(C)cc3nc-2cc1C.CCNc1cc(O)ccc1C.[B]C. The summed E-state index contributed by atoms with van der Waals surface area (Å²) in [5.74, 6) is 1.66. The van der Waals surface area contributed by atoms with E-state index in [2.05, 4.69) is 124 Å². The van der Waals surface area contributed by atoms with Gasteiger partial charge < -0.3 is 49.8 Å². The Morgan fingerprint density at radius 3 is 1.56 bits per heavy atom. The second-order valence-corrected chi connectivity index (χ2v) is 20.3. The summed E-state index contributed by atoms with van der Waals surface area (Å²) in [4.78, 5) is 39.1. The highest BCUT2D eigenvalue weighted by molar-refractivity contribution is 6.05. The van der Waals surface area contributed by atoms with Crippen molar-refractivity contribution in [3.63, 3.8) is 0 Å². The number of nitrogens with one attached hydrogen (secondary N) is 1. The van der Waals surface area contributed by atoms with E-state index in [9.17, 15) is 30.2 Å². The second-order valence-electron chi connectivity index (χ2n) is 20.3. The Labute approximate surface area is 522 Å². The molecule has 6 aromatic carbocycles. The maximum atomic E-state index is 11.3. The summed E-state index contributed by atoms with van der Waals surface area (Å²) in [6, 6.07) is 33.3. The van der Waals surface area contributed by atoms with Crippen LogP contribution in [0.3, 0.4) is 0 Å². The van der Waals surface area contributed by atoms with Crippen molar-refractivity contribution in [1.29, 1.82) is 0 Å². The molecule has 19 heteroatoms. The number of benzene rings is 7. The van der Waals surface area contributed by atoms with Gasteiger partial charge in [-0.1, -0.05) is 25.0 Å². The fourth-order valence-corrected chi connectivity index (χ4v) is 9.51. The summed E-state index contributed by atoms with van der Waals surface area (Å²) in [5.41, 5.74) is 15.2. The predicted molar refractivity (Wildman–Crippen MR) is 365 cm³/mol. The number of nitro benzene ring substituents is 1. The Bertz CT molecular complexity index is 3560. The molecule has 0 spiro atoms. The quantitative estimate of drug-likeness (QED) is 0.0188. The van der Waals surface area contributed by atoms with Gasteiger partial charge in [0.1, 0.15) is 39.9 Å². The number of rotatable bonds is 17. The van der Waals surface area contributed by atoms with Gasteiger partial charge in [-0.05, 0) is 186 Å². The molecule has 0 saturated carbocycles. The van der Waals surface area contributed by atoms with E-state index >= 15 is 0 Å².